The van der Waals surface area contributed by atoms with Crippen molar-refractivity contribution in [2.24, 2.45) is 0 Å². The molecule has 3 aliphatic heterocycles. The van der Waals surface area contributed by atoms with E-state index in [1.54, 1.807) is 31.3 Å². The first kappa shape index (κ1) is 42.2. The number of amides is 2. The Labute approximate surface area is 358 Å². The van der Waals surface area contributed by atoms with Crippen molar-refractivity contribution >= 4 is 61.9 Å². The van der Waals surface area contributed by atoms with Crippen LogP contribution in [0.25, 0.3) is 21.8 Å². The molecule has 0 radical (unpaired) electrons. The number of hydrogen-bond donors (Lipinski definition) is 3. The summed E-state index contributed by atoms with van der Waals surface area (Å²) in [4.78, 5) is 45.0. The number of nitrogens with one attached hydrogen (secondary N) is 3. The van der Waals surface area contributed by atoms with E-state index in [1.807, 2.05) is 55.5 Å². The Balaban J connectivity index is 0.836. The Morgan fingerprint density at radius 3 is 2.28 bits per heavy atom. The molecule has 320 valence electrons. The van der Waals surface area contributed by atoms with Crippen LogP contribution >= 0.6 is 11.3 Å². The fraction of sp³-hybridized carbons (Fsp3) is 0.386. The number of carbonyl (C=O) groups excluding carboxylic acids is 2. The SMILES string of the molecule is CCCS(=O)(=O)Nc1cccc(-c2nc(C)sc2-c2ccnc(Nc3ccc(N4CCN(CC5(F)CCN(c6ccc([C@H]7CCC(=O)NC7=O)cc6)CC5)CC4)cc3)n2)c1F. The van der Waals surface area contributed by atoms with Crippen LogP contribution in [0.2, 0.25) is 0 Å². The highest BCUT2D eigenvalue weighted by atomic mass is 32.2. The number of piperazine rings is 1. The number of nitrogens with zero attached hydrogens (tertiary/aromatic N) is 6. The molecule has 13 nitrogen and oxygen atoms in total. The third-order valence-corrected chi connectivity index (χ3v) is 14.0. The number of imide groups is 1. The zero-order valence-electron chi connectivity index (χ0n) is 34.2. The summed E-state index contributed by atoms with van der Waals surface area (Å²) in [6.07, 6.45) is 3.79. The van der Waals surface area contributed by atoms with E-state index in [4.69, 9.17) is 4.98 Å². The minimum Gasteiger partial charge on any atom is -0.371 e. The fourth-order valence-corrected chi connectivity index (χ4v) is 10.3. The molecule has 3 N–H and O–H groups in total. The van der Waals surface area contributed by atoms with Crippen LogP contribution in [0, 0.1) is 12.7 Å². The van der Waals surface area contributed by atoms with E-state index >= 15 is 8.78 Å². The molecule has 3 aromatic carbocycles. The lowest BCUT2D eigenvalue weighted by molar-refractivity contribution is -0.134. The average Bonchev–Trinajstić information content (AvgIpc) is 3.64. The molecule has 0 aliphatic carbocycles. The second-order valence-electron chi connectivity index (χ2n) is 15.9. The maximum atomic E-state index is 16.2. The molecule has 5 heterocycles. The number of carbonyl (C=O) groups is 2. The third kappa shape index (κ3) is 9.84. The van der Waals surface area contributed by atoms with Crippen LogP contribution in [0.5, 0.6) is 0 Å². The number of alkyl halides is 1. The average molecular weight is 870 g/mol. The van der Waals surface area contributed by atoms with Crippen LogP contribution in [0.1, 0.15) is 55.5 Å². The highest BCUT2D eigenvalue weighted by molar-refractivity contribution is 7.92. The van der Waals surface area contributed by atoms with Gasteiger partial charge in [-0.25, -0.2) is 32.2 Å². The van der Waals surface area contributed by atoms with Gasteiger partial charge in [0, 0.05) is 93.9 Å². The van der Waals surface area contributed by atoms with E-state index in [9.17, 15) is 18.0 Å². The van der Waals surface area contributed by atoms with Crippen molar-refractivity contribution in [3.63, 3.8) is 0 Å². The van der Waals surface area contributed by atoms with Gasteiger partial charge in [-0.15, -0.1) is 11.3 Å². The van der Waals surface area contributed by atoms with Gasteiger partial charge in [0.25, 0.3) is 0 Å². The highest BCUT2D eigenvalue weighted by Crippen LogP contribution is 2.39. The van der Waals surface area contributed by atoms with Gasteiger partial charge in [-0.1, -0.05) is 25.1 Å². The van der Waals surface area contributed by atoms with Crippen LogP contribution in [0.15, 0.2) is 79.0 Å². The van der Waals surface area contributed by atoms with E-state index in [-0.39, 0.29) is 34.7 Å². The molecule has 3 saturated heterocycles. The van der Waals surface area contributed by atoms with Crippen molar-refractivity contribution in [1.29, 1.82) is 0 Å². The van der Waals surface area contributed by atoms with Crippen LogP contribution in [-0.4, -0.2) is 97.3 Å². The largest absolute Gasteiger partial charge is 0.371 e. The molecule has 0 unspecified atom stereocenters. The molecule has 61 heavy (non-hydrogen) atoms. The normalized spacial score (nSPS) is 18.5. The van der Waals surface area contributed by atoms with Crippen molar-refractivity contribution in [2.75, 3.05) is 71.4 Å². The molecule has 2 amide bonds. The number of anilines is 5. The summed E-state index contributed by atoms with van der Waals surface area (Å²) in [6, 6.07) is 22.2. The van der Waals surface area contributed by atoms with Crippen LogP contribution in [0.4, 0.5) is 37.5 Å². The summed E-state index contributed by atoms with van der Waals surface area (Å²) < 4.78 is 59.1. The number of aryl methyl sites for hydroxylation is 1. The lowest BCUT2D eigenvalue weighted by Crippen LogP contribution is -2.53. The topological polar surface area (TPSA) is 153 Å². The third-order valence-electron chi connectivity index (χ3n) is 11.5. The maximum Gasteiger partial charge on any atom is 0.234 e. The van der Waals surface area contributed by atoms with E-state index in [0.717, 1.165) is 48.8 Å². The van der Waals surface area contributed by atoms with Gasteiger partial charge in [0.05, 0.1) is 38.6 Å². The summed E-state index contributed by atoms with van der Waals surface area (Å²) in [5.74, 6) is -1.26. The molecule has 0 bridgehead atoms. The van der Waals surface area contributed by atoms with Crippen molar-refractivity contribution in [1.82, 2.24) is 25.2 Å². The minimum atomic E-state index is -3.70. The standard InChI is InChI=1S/C44H49F2N9O4S2/c1-3-27-61(58,59)52-36-6-4-5-35(39(36)45)40-41(60-29(2)48-40)37-17-20-47-43(50-37)49-31-9-13-33(14-10-31)55-25-23-53(24-26-55)28-44(46)18-21-54(22-19-44)32-11-7-30(8-12-32)34-15-16-38(56)51-42(34)57/h4-14,17,20,34,52H,3,15-16,18-19,21-28H2,1-2H3,(H,47,49,50)(H,51,56,57)/t34-/m1/s1. The van der Waals surface area contributed by atoms with Crippen LogP contribution in [0.3, 0.4) is 0 Å². The van der Waals surface area contributed by atoms with E-state index in [1.165, 1.54) is 17.4 Å². The van der Waals surface area contributed by atoms with Gasteiger partial charge >= 0.3 is 0 Å². The Morgan fingerprint density at radius 1 is 0.902 bits per heavy atom. The van der Waals surface area contributed by atoms with E-state index in [0.29, 0.717) is 79.0 Å². The highest BCUT2D eigenvalue weighted by Gasteiger charge is 2.37. The monoisotopic (exact) mass is 869 g/mol. The summed E-state index contributed by atoms with van der Waals surface area (Å²) in [5, 5.41) is 6.40. The first-order valence-corrected chi connectivity index (χ1v) is 23.1. The van der Waals surface area contributed by atoms with Crippen molar-refractivity contribution in [2.45, 2.75) is 57.5 Å². The van der Waals surface area contributed by atoms with Crippen molar-refractivity contribution in [3.8, 4) is 21.8 Å². The van der Waals surface area contributed by atoms with Crippen molar-refractivity contribution < 1.29 is 26.8 Å². The molecule has 5 aromatic rings. The Kier molecular flexibility index (Phi) is 12.3. The number of rotatable bonds is 13. The maximum absolute atomic E-state index is 16.2. The van der Waals surface area contributed by atoms with Crippen molar-refractivity contribution in [3.05, 3.63) is 95.4 Å². The van der Waals surface area contributed by atoms with Gasteiger partial charge in [-0.05, 0) is 79.9 Å². The molecule has 0 saturated carbocycles. The zero-order chi connectivity index (χ0) is 42.7. The zero-order valence-corrected chi connectivity index (χ0v) is 35.8. The number of benzene rings is 3. The summed E-state index contributed by atoms with van der Waals surface area (Å²) in [6.45, 7) is 8.32. The van der Waals surface area contributed by atoms with Gasteiger partial charge in [0.1, 0.15) is 5.67 Å². The molecule has 8 rings (SSSR count). The molecular weight excluding hydrogens is 821 g/mol. The lowest BCUT2D eigenvalue weighted by Gasteiger charge is -2.43. The number of thiazole rings is 1. The predicted octanol–water partition coefficient (Wildman–Crippen LogP) is 7.26. The number of piperidine rings is 2. The first-order valence-electron chi connectivity index (χ1n) is 20.7. The first-order chi connectivity index (χ1) is 29.3. The predicted molar refractivity (Wildman–Crippen MR) is 236 cm³/mol. The van der Waals surface area contributed by atoms with Crippen LogP contribution in [-0.2, 0) is 19.6 Å². The minimum absolute atomic E-state index is 0.116. The lowest BCUT2D eigenvalue weighted by atomic mass is 9.89. The van der Waals surface area contributed by atoms with E-state index in [2.05, 4.69) is 40.0 Å². The summed E-state index contributed by atoms with van der Waals surface area (Å²) >= 11 is 1.36. The molecule has 1 atom stereocenters. The Hall–Kier alpha value is -5.52. The number of halogens is 2. The van der Waals surface area contributed by atoms with Gasteiger partial charge in [-0.2, -0.15) is 0 Å². The Bertz CT molecular complexity index is 2490. The van der Waals surface area contributed by atoms with Gasteiger partial charge in [0.15, 0.2) is 5.82 Å². The smallest absolute Gasteiger partial charge is 0.234 e. The Morgan fingerprint density at radius 2 is 1.59 bits per heavy atom. The fourth-order valence-electron chi connectivity index (χ4n) is 8.31. The molecule has 17 heteroatoms. The molecule has 3 aliphatic rings. The van der Waals surface area contributed by atoms with Crippen LogP contribution < -0.4 is 25.2 Å². The second-order valence-corrected chi connectivity index (χ2v) is 19.0. The molecule has 2 aromatic heterocycles. The quantitative estimate of drug-likeness (QED) is 0.103. The molecule has 3 fully saturated rings. The number of hydrogen-bond acceptors (Lipinski definition) is 12. The summed E-state index contributed by atoms with van der Waals surface area (Å²) in [7, 11) is -3.70. The summed E-state index contributed by atoms with van der Waals surface area (Å²) in [5.41, 5.74) is 3.46. The number of aromatic nitrogens is 3. The van der Waals surface area contributed by atoms with Gasteiger partial charge in [0.2, 0.25) is 27.8 Å². The molecule has 0 spiro atoms. The van der Waals surface area contributed by atoms with E-state index < -0.39 is 21.5 Å². The molecular formula is C44H49F2N9O4S2. The second kappa shape index (κ2) is 17.8. The van der Waals surface area contributed by atoms with Gasteiger partial charge in [-0.3, -0.25) is 24.5 Å². The number of sulfonamides is 1. The van der Waals surface area contributed by atoms with Gasteiger partial charge < -0.3 is 15.1 Å².